The van der Waals surface area contributed by atoms with Gasteiger partial charge in [-0.15, -0.1) is 0 Å². The van der Waals surface area contributed by atoms with Gasteiger partial charge in [0.2, 0.25) is 0 Å². The molecule has 0 aromatic heterocycles. The number of benzene rings is 1. The molecule has 0 atom stereocenters. The van der Waals surface area contributed by atoms with E-state index in [0.29, 0.717) is 0 Å². The molecule has 76 valence electrons. The predicted octanol–water partition coefficient (Wildman–Crippen LogP) is 2.01. The lowest BCUT2D eigenvalue weighted by atomic mass is 10.3. The second-order valence-electron chi connectivity index (χ2n) is 2.30. The van der Waals surface area contributed by atoms with Crippen LogP contribution in [0.25, 0.3) is 0 Å². The monoisotopic (exact) mass is 182 g/mol. The van der Waals surface area contributed by atoms with Crippen molar-refractivity contribution < 1.29 is 0 Å². The van der Waals surface area contributed by atoms with Crippen molar-refractivity contribution in [1.82, 2.24) is 0 Å². The number of nitrogens with two attached hydrogens (primary N) is 2. The van der Waals surface area contributed by atoms with Gasteiger partial charge < -0.3 is 11.5 Å². The highest BCUT2D eigenvalue weighted by Crippen LogP contribution is 1.79. The zero-order chi connectivity index (χ0) is 10.4. The Balaban J connectivity index is 0. The molecular formula is C11H22N2. The molecule has 13 heavy (non-hydrogen) atoms. The van der Waals surface area contributed by atoms with Crippen LogP contribution in [0.3, 0.4) is 0 Å². The average Bonchev–Trinajstić information content (AvgIpc) is 2.25. The van der Waals surface area contributed by atoms with Gasteiger partial charge in [-0.25, -0.2) is 0 Å². The van der Waals surface area contributed by atoms with E-state index in [1.54, 1.807) is 0 Å². The standard InChI is InChI=1S/C6H6.C4H11N.CH5N/c1-2-4-6-5-3-1;1-2-3-4-5;1-2/h1-6H;2-5H2,1H3;2H2,1H3. The first-order valence-corrected chi connectivity index (χ1v) is 4.69. The van der Waals surface area contributed by atoms with Crippen molar-refractivity contribution in [2.45, 2.75) is 19.8 Å². The molecule has 0 aliphatic rings. The molecule has 1 rings (SSSR count). The van der Waals surface area contributed by atoms with E-state index in [4.69, 9.17) is 5.73 Å². The minimum absolute atomic E-state index is 0.844. The van der Waals surface area contributed by atoms with Crippen LogP contribution in [0, 0.1) is 0 Å². The average molecular weight is 182 g/mol. The van der Waals surface area contributed by atoms with Crippen LogP contribution in [0.2, 0.25) is 0 Å². The van der Waals surface area contributed by atoms with Gasteiger partial charge in [-0.2, -0.15) is 0 Å². The van der Waals surface area contributed by atoms with Gasteiger partial charge in [-0.05, 0) is 20.0 Å². The lowest BCUT2D eigenvalue weighted by molar-refractivity contribution is 0.807. The quantitative estimate of drug-likeness (QED) is 0.735. The van der Waals surface area contributed by atoms with Gasteiger partial charge in [0, 0.05) is 0 Å². The fourth-order valence-electron chi connectivity index (χ4n) is 0.589. The second kappa shape index (κ2) is 17.3. The van der Waals surface area contributed by atoms with Crippen LogP contribution in [0.1, 0.15) is 19.8 Å². The maximum absolute atomic E-state index is 5.14. The molecule has 2 nitrogen and oxygen atoms in total. The Morgan fingerprint density at radius 3 is 1.23 bits per heavy atom. The van der Waals surface area contributed by atoms with E-state index >= 15 is 0 Å². The number of hydrogen-bond acceptors (Lipinski definition) is 2. The van der Waals surface area contributed by atoms with Crippen LogP contribution in [-0.2, 0) is 0 Å². The smallest absolute Gasteiger partial charge is 0.00774 e. The Labute approximate surface area is 81.9 Å². The lowest BCUT2D eigenvalue weighted by Gasteiger charge is -1.80. The summed E-state index contributed by atoms with van der Waals surface area (Å²) in [6, 6.07) is 12.0. The molecule has 0 radical (unpaired) electrons. The molecule has 0 spiro atoms. The molecular weight excluding hydrogens is 160 g/mol. The van der Waals surface area contributed by atoms with Crippen molar-refractivity contribution in [3.8, 4) is 0 Å². The minimum atomic E-state index is 0.844. The second-order valence-corrected chi connectivity index (χ2v) is 2.30. The predicted molar refractivity (Wildman–Crippen MR) is 60.5 cm³/mol. The molecule has 4 N–H and O–H groups in total. The highest BCUT2D eigenvalue weighted by molar-refractivity contribution is 4.99. The largest absolute Gasteiger partial charge is 0.333 e. The van der Waals surface area contributed by atoms with Crippen LogP contribution < -0.4 is 11.5 Å². The zero-order valence-corrected chi connectivity index (χ0v) is 8.74. The van der Waals surface area contributed by atoms with E-state index in [1.165, 1.54) is 19.9 Å². The Bertz CT molecular complexity index is 111. The van der Waals surface area contributed by atoms with Gasteiger partial charge in [0.15, 0.2) is 0 Å². The molecule has 1 aromatic carbocycles. The third kappa shape index (κ3) is 18.3. The Morgan fingerprint density at radius 1 is 0.846 bits per heavy atom. The number of rotatable bonds is 2. The highest BCUT2D eigenvalue weighted by Gasteiger charge is 1.68. The van der Waals surface area contributed by atoms with Crippen LogP contribution in [0.5, 0.6) is 0 Å². The first kappa shape index (κ1) is 14.7. The molecule has 0 saturated carbocycles. The van der Waals surface area contributed by atoms with E-state index in [9.17, 15) is 0 Å². The number of hydrogen-bond donors (Lipinski definition) is 2. The summed E-state index contributed by atoms with van der Waals surface area (Å²) in [5.41, 5.74) is 9.64. The highest BCUT2D eigenvalue weighted by atomic mass is 14.5. The van der Waals surface area contributed by atoms with Crippen molar-refractivity contribution in [3.63, 3.8) is 0 Å². The van der Waals surface area contributed by atoms with Crippen molar-refractivity contribution in [3.05, 3.63) is 36.4 Å². The zero-order valence-electron chi connectivity index (χ0n) is 8.74. The van der Waals surface area contributed by atoms with Gasteiger partial charge in [-0.1, -0.05) is 49.7 Å². The van der Waals surface area contributed by atoms with Crippen LogP contribution in [0.15, 0.2) is 36.4 Å². The fourth-order valence-corrected chi connectivity index (χ4v) is 0.589. The summed E-state index contributed by atoms with van der Waals surface area (Å²) in [5.74, 6) is 0. The molecule has 0 aliphatic carbocycles. The summed E-state index contributed by atoms with van der Waals surface area (Å²) < 4.78 is 0. The van der Waals surface area contributed by atoms with Crippen molar-refractivity contribution >= 4 is 0 Å². The van der Waals surface area contributed by atoms with Crippen molar-refractivity contribution in [1.29, 1.82) is 0 Å². The van der Waals surface area contributed by atoms with Crippen molar-refractivity contribution in [2.24, 2.45) is 11.5 Å². The van der Waals surface area contributed by atoms with Gasteiger partial charge in [0.1, 0.15) is 0 Å². The van der Waals surface area contributed by atoms with E-state index in [2.05, 4.69) is 12.7 Å². The summed E-state index contributed by atoms with van der Waals surface area (Å²) >= 11 is 0. The maximum atomic E-state index is 5.14. The number of unbranched alkanes of at least 4 members (excludes halogenated alkanes) is 1. The normalized spacial score (nSPS) is 7.38. The van der Waals surface area contributed by atoms with E-state index in [1.807, 2.05) is 36.4 Å². The Morgan fingerprint density at radius 2 is 1.15 bits per heavy atom. The van der Waals surface area contributed by atoms with Gasteiger partial charge in [0.05, 0.1) is 0 Å². The SMILES string of the molecule is CCCCN.CN.c1ccccc1. The first-order chi connectivity index (χ1) is 6.41. The lowest BCUT2D eigenvalue weighted by Crippen LogP contribution is -1.95. The van der Waals surface area contributed by atoms with Crippen LogP contribution >= 0.6 is 0 Å². The van der Waals surface area contributed by atoms with Crippen molar-refractivity contribution in [2.75, 3.05) is 13.6 Å². The van der Waals surface area contributed by atoms with Crippen LogP contribution in [0.4, 0.5) is 0 Å². The topological polar surface area (TPSA) is 52.0 Å². The minimum Gasteiger partial charge on any atom is -0.333 e. The molecule has 0 aliphatic heterocycles. The summed E-state index contributed by atoms with van der Waals surface area (Å²) in [6.45, 7) is 2.98. The summed E-state index contributed by atoms with van der Waals surface area (Å²) in [6.07, 6.45) is 2.39. The van der Waals surface area contributed by atoms with E-state index in [-0.39, 0.29) is 0 Å². The summed E-state index contributed by atoms with van der Waals surface area (Å²) in [7, 11) is 1.50. The Hall–Kier alpha value is -0.860. The molecule has 0 unspecified atom stereocenters. The Kier molecular flexibility index (Phi) is 19.5. The molecule has 2 heteroatoms. The van der Waals surface area contributed by atoms with Crippen LogP contribution in [-0.4, -0.2) is 13.6 Å². The molecule has 0 saturated heterocycles. The maximum Gasteiger partial charge on any atom is -0.00774 e. The van der Waals surface area contributed by atoms with Gasteiger partial charge >= 0.3 is 0 Å². The van der Waals surface area contributed by atoms with E-state index < -0.39 is 0 Å². The fraction of sp³-hybridized carbons (Fsp3) is 0.455. The molecule has 0 bridgehead atoms. The molecule has 0 fully saturated rings. The third-order valence-corrected chi connectivity index (χ3v) is 1.22. The molecule has 0 heterocycles. The third-order valence-electron chi connectivity index (χ3n) is 1.22. The summed E-state index contributed by atoms with van der Waals surface area (Å²) in [4.78, 5) is 0. The molecule has 0 amide bonds. The van der Waals surface area contributed by atoms with E-state index in [0.717, 1.165) is 6.54 Å². The van der Waals surface area contributed by atoms with Gasteiger partial charge in [0.25, 0.3) is 0 Å². The first-order valence-electron chi connectivity index (χ1n) is 4.69. The molecule has 1 aromatic rings. The van der Waals surface area contributed by atoms with Gasteiger partial charge in [-0.3, -0.25) is 0 Å². The summed E-state index contributed by atoms with van der Waals surface area (Å²) in [5, 5.41) is 0.